The van der Waals surface area contributed by atoms with Crippen molar-refractivity contribution < 1.29 is 19.1 Å². The van der Waals surface area contributed by atoms with Gasteiger partial charge in [0, 0.05) is 25.8 Å². The Morgan fingerprint density at radius 2 is 1.85 bits per heavy atom. The van der Waals surface area contributed by atoms with E-state index >= 15 is 0 Å². The maximum absolute atomic E-state index is 12.4. The second-order valence-electron chi connectivity index (χ2n) is 4.53. The van der Waals surface area contributed by atoms with Crippen LogP contribution in [-0.4, -0.2) is 50.7 Å². The smallest absolute Gasteiger partial charge is 0.310 e. The van der Waals surface area contributed by atoms with Gasteiger partial charge in [-0.25, -0.2) is 0 Å². The van der Waals surface area contributed by atoms with E-state index in [2.05, 4.69) is 0 Å². The van der Waals surface area contributed by atoms with Gasteiger partial charge in [-0.05, 0) is 12.1 Å². The maximum Gasteiger partial charge on any atom is 0.310 e. The number of carbonyl (C=O) groups excluding carboxylic acids is 2. The van der Waals surface area contributed by atoms with Gasteiger partial charge < -0.3 is 14.4 Å². The van der Waals surface area contributed by atoms with Crippen LogP contribution in [0.25, 0.3) is 0 Å². The first-order valence-electron chi connectivity index (χ1n) is 6.51. The Kier molecular flexibility index (Phi) is 6.73. The number of amides is 1. The van der Waals surface area contributed by atoms with Crippen LogP contribution >= 0.6 is 0 Å². The number of methoxy groups -OCH3 is 2. The number of rotatable bonds is 7. The fourth-order valence-corrected chi connectivity index (χ4v) is 1.85. The number of carbonyl (C=O) groups is 2. The van der Waals surface area contributed by atoms with Gasteiger partial charge in [0.2, 0.25) is 0 Å². The van der Waals surface area contributed by atoms with Crippen molar-refractivity contribution in [1.29, 1.82) is 0 Å². The van der Waals surface area contributed by atoms with Crippen LogP contribution in [-0.2, 0) is 14.3 Å². The highest BCUT2D eigenvalue weighted by molar-refractivity contribution is 5.94. The predicted octanol–water partition coefficient (Wildman–Crippen LogP) is 1.58. The van der Waals surface area contributed by atoms with Crippen molar-refractivity contribution in [3.05, 3.63) is 35.9 Å². The van der Waals surface area contributed by atoms with Crippen LogP contribution < -0.4 is 0 Å². The third-order valence-corrected chi connectivity index (χ3v) is 2.97. The minimum Gasteiger partial charge on any atom is -0.469 e. The zero-order valence-corrected chi connectivity index (χ0v) is 12.2. The summed E-state index contributed by atoms with van der Waals surface area (Å²) in [6, 6.07) is 8.99. The summed E-state index contributed by atoms with van der Waals surface area (Å²) in [4.78, 5) is 25.5. The highest BCUT2D eigenvalue weighted by atomic mass is 16.5. The largest absolute Gasteiger partial charge is 0.469 e. The van der Waals surface area contributed by atoms with Gasteiger partial charge in [-0.3, -0.25) is 9.59 Å². The van der Waals surface area contributed by atoms with E-state index in [9.17, 15) is 9.59 Å². The Labute approximate surface area is 119 Å². The summed E-state index contributed by atoms with van der Waals surface area (Å²) in [6.07, 6.45) is 0. The molecule has 0 aliphatic heterocycles. The Balaban J connectivity index is 2.78. The van der Waals surface area contributed by atoms with Gasteiger partial charge in [0.05, 0.1) is 19.6 Å². The Hall–Kier alpha value is -1.88. The maximum atomic E-state index is 12.4. The molecule has 5 nitrogen and oxygen atoms in total. The Morgan fingerprint density at radius 3 is 2.40 bits per heavy atom. The Morgan fingerprint density at radius 1 is 1.20 bits per heavy atom. The number of hydrogen-bond donors (Lipinski definition) is 0. The van der Waals surface area contributed by atoms with Crippen LogP contribution in [0.4, 0.5) is 0 Å². The minimum atomic E-state index is -0.371. The van der Waals surface area contributed by atoms with Crippen molar-refractivity contribution in [1.82, 2.24) is 4.90 Å². The first-order chi connectivity index (χ1) is 9.60. The highest BCUT2D eigenvalue weighted by Gasteiger charge is 2.22. The molecule has 5 heteroatoms. The average Bonchev–Trinajstić information content (AvgIpc) is 2.50. The zero-order valence-electron chi connectivity index (χ0n) is 12.2. The molecule has 1 aromatic rings. The van der Waals surface area contributed by atoms with Gasteiger partial charge >= 0.3 is 5.97 Å². The topological polar surface area (TPSA) is 55.8 Å². The van der Waals surface area contributed by atoms with Crippen molar-refractivity contribution in [3.8, 4) is 0 Å². The van der Waals surface area contributed by atoms with Crippen LogP contribution in [0, 0.1) is 5.92 Å². The molecule has 0 radical (unpaired) electrons. The fraction of sp³-hybridized carbons (Fsp3) is 0.467. The van der Waals surface area contributed by atoms with Crippen LogP contribution in [0.2, 0.25) is 0 Å². The predicted molar refractivity (Wildman–Crippen MR) is 75.4 cm³/mol. The molecule has 0 fully saturated rings. The number of nitrogens with zero attached hydrogens (tertiary/aromatic N) is 1. The molecule has 0 bridgehead atoms. The Bertz CT molecular complexity index is 433. The summed E-state index contributed by atoms with van der Waals surface area (Å²) in [5.74, 6) is -0.809. The molecule has 20 heavy (non-hydrogen) atoms. The van der Waals surface area contributed by atoms with Gasteiger partial charge in [0.15, 0.2) is 0 Å². The van der Waals surface area contributed by atoms with Crippen molar-refractivity contribution >= 4 is 11.9 Å². The van der Waals surface area contributed by atoms with E-state index in [0.29, 0.717) is 25.3 Å². The normalized spacial score (nSPS) is 11.8. The van der Waals surface area contributed by atoms with Gasteiger partial charge in [-0.15, -0.1) is 0 Å². The van der Waals surface area contributed by atoms with Crippen LogP contribution in [0.1, 0.15) is 17.3 Å². The molecule has 0 aromatic heterocycles. The number of hydrogen-bond acceptors (Lipinski definition) is 4. The van der Waals surface area contributed by atoms with E-state index in [1.807, 2.05) is 18.2 Å². The molecular formula is C15H21NO4. The summed E-state index contributed by atoms with van der Waals surface area (Å²) < 4.78 is 9.71. The summed E-state index contributed by atoms with van der Waals surface area (Å²) in [5.41, 5.74) is 0.598. The molecule has 0 saturated heterocycles. The number of benzene rings is 1. The van der Waals surface area contributed by atoms with Crippen LogP contribution in [0.3, 0.4) is 0 Å². The molecule has 0 N–H and O–H groups in total. The molecule has 0 heterocycles. The van der Waals surface area contributed by atoms with Crippen molar-refractivity contribution in [2.45, 2.75) is 6.92 Å². The van der Waals surface area contributed by atoms with E-state index in [4.69, 9.17) is 9.47 Å². The van der Waals surface area contributed by atoms with Crippen molar-refractivity contribution in [2.24, 2.45) is 5.92 Å². The molecule has 0 aliphatic carbocycles. The van der Waals surface area contributed by atoms with E-state index in [1.54, 1.807) is 31.1 Å². The summed E-state index contributed by atoms with van der Waals surface area (Å²) in [5, 5.41) is 0. The number of ether oxygens (including phenoxy) is 2. The standard InChI is InChI=1S/C15H21NO4/c1-12(15(18)20-3)11-16(9-10-19-2)14(17)13-7-5-4-6-8-13/h4-8,12H,9-11H2,1-3H3. The monoisotopic (exact) mass is 279 g/mol. The molecule has 1 aromatic carbocycles. The molecule has 1 unspecified atom stereocenters. The SMILES string of the molecule is COCCN(CC(C)C(=O)OC)C(=O)c1ccccc1. The first kappa shape index (κ1) is 16.2. The molecule has 1 rings (SSSR count). The van der Waals surface area contributed by atoms with Gasteiger partial charge in [0.25, 0.3) is 5.91 Å². The second kappa shape index (κ2) is 8.32. The molecule has 0 saturated carbocycles. The van der Waals surface area contributed by atoms with E-state index in [1.165, 1.54) is 7.11 Å². The fourth-order valence-electron chi connectivity index (χ4n) is 1.85. The molecule has 1 atom stereocenters. The third kappa shape index (κ3) is 4.66. The van der Waals surface area contributed by atoms with Crippen LogP contribution in [0.5, 0.6) is 0 Å². The van der Waals surface area contributed by atoms with Gasteiger partial charge in [-0.2, -0.15) is 0 Å². The summed E-state index contributed by atoms with van der Waals surface area (Å²) in [7, 11) is 2.92. The van der Waals surface area contributed by atoms with Crippen molar-refractivity contribution in [3.63, 3.8) is 0 Å². The average molecular weight is 279 g/mol. The third-order valence-electron chi connectivity index (χ3n) is 2.97. The lowest BCUT2D eigenvalue weighted by molar-refractivity contribution is -0.145. The van der Waals surface area contributed by atoms with Crippen LogP contribution in [0.15, 0.2) is 30.3 Å². The molecule has 0 aliphatic rings. The number of esters is 1. The lowest BCUT2D eigenvalue weighted by Crippen LogP contribution is -2.39. The van der Waals surface area contributed by atoms with E-state index < -0.39 is 0 Å². The van der Waals surface area contributed by atoms with E-state index in [0.717, 1.165) is 0 Å². The summed E-state index contributed by atoms with van der Waals surface area (Å²) in [6.45, 7) is 2.91. The zero-order chi connectivity index (χ0) is 15.0. The van der Waals surface area contributed by atoms with E-state index in [-0.39, 0.29) is 17.8 Å². The quantitative estimate of drug-likeness (QED) is 0.711. The van der Waals surface area contributed by atoms with Gasteiger partial charge in [0.1, 0.15) is 0 Å². The highest BCUT2D eigenvalue weighted by Crippen LogP contribution is 2.09. The second-order valence-corrected chi connectivity index (χ2v) is 4.53. The summed E-state index contributed by atoms with van der Waals surface area (Å²) >= 11 is 0. The lowest BCUT2D eigenvalue weighted by atomic mass is 10.1. The lowest BCUT2D eigenvalue weighted by Gasteiger charge is -2.24. The molecule has 1 amide bonds. The minimum absolute atomic E-state index is 0.113. The first-order valence-corrected chi connectivity index (χ1v) is 6.51. The molecule has 110 valence electrons. The molecular weight excluding hydrogens is 258 g/mol. The van der Waals surface area contributed by atoms with Crippen molar-refractivity contribution in [2.75, 3.05) is 33.9 Å². The van der Waals surface area contributed by atoms with Gasteiger partial charge in [-0.1, -0.05) is 25.1 Å². The molecule has 0 spiro atoms.